The lowest BCUT2D eigenvalue weighted by Gasteiger charge is -2.34. The Morgan fingerprint density at radius 2 is 1.97 bits per heavy atom. The lowest BCUT2D eigenvalue weighted by molar-refractivity contribution is 0.155. The number of methoxy groups -OCH3 is 1. The van der Waals surface area contributed by atoms with E-state index in [2.05, 4.69) is 65.3 Å². The Morgan fingerprint density at radius 3 is 2.66 bits per heavy atom. The molecule has 3 unspecified atom stereocenters. The van der Waals surface area contributed by atoms with E-state index in [0.29, 0.717) is 11.8 Å². The Labute approximate surface area is 183 Å². The van der Waals surface area contributed by atoms with Gasteiger partial charge < -0.3 is 14.8 Å². The SMILES string of the molecule is CNCC(CC1CC(c2ccccc2)Oc2cc(OC)ccc21)c1cccs1.Cl. The van der Waals surface area contributed by atoms with Gasteiger partial charge in [0.2, 0.25) is 0 Å². The zero-order valence-electron chi connectivity index (χ0n) is 16.8. The van der Waals surface area contributed by atoms with Crippen LogP contribution < -0.4 is 14.8 Å². The van der Waals surface area contributed by atoms with E-state index in [1.165, 1.54) is 16.0 Å². The predicted octanol–water partition coefficient (Wildman–Crippen LogP) is 6.18. The summed E-state index contributed by atoms with van der Waals surface area (Å²) >= 11 is 1.85. The highest BCUT2D eigenvalue weighted by molar-refractivity contribution is 7.10. The molecule has 0 bridgehead atoms. The van der Waals surface area contributed by atoms with E-state index in [-0.39, 0.29) is 18.5 Å². The Bertz CT molecular complexity index is 885. The number of ether oxygens (including phenoxy) is 2. The number of thiophene rings is 1. The van der Waals surface area contributed by atoms with E-state index in [0.717, 1.165) is 30.9 Å². The van der Waals surface area contributed by atoms with Crippen LogP contribution in [0.2, 0.25) is 0 Å². The molecule has 1 aliphatic heterocycles. The van der Waals surface area contributed by atoms with Gasteiger partial charge in [-0.2, -0.15) is 0 Å². The fraction of sp³-hybridized carbons (Fsp3) is 0.333. The van der Waals surface area contributed by atoms with Crippen LogP contribution in [0.15, 0.2) is 66.0 Å². The van der Waals surface area contributed by atoms with Gasteiger partial charge in [-0.1, -0.05) is 42.5 Å². The molecule has 2 heterocycles. The van der Waals surface area contributed by atoms with E-state index in [4.69, 9.17) is 9.47 Å². The number of hydrogen-bond donors (Lipinski definition) is 1. The van der Waals surface area contributed by atoms with Gasteiger partial charge in [-0.3, -0.25) is 0 Å². The molecule has 1 N–H and O–H groups in total. The normalized spacial score (nSPS) is 18.8. The number of hydrogen-bond acceptors (Lipinski definition) is 4. The van der Waals surface area contributed by atoms with Gasteiger partial charge in [0, 0.05) is 23.4 Å². The van der Waals surface area contributed by atoms with Gasteiger partial charge >= 0.3 is 0 Å². The number of halogens is 1. The minimum absolute atomic E-state index is 0. The van der Waals surface area contributed by atoms with Gasteiger partial charge in [0.05, 0.1) is 7.11 Å². The summed E-state index contributed by atoms with van der Waals surface area (Å²) < 4.78 is 11.9. The van der Waals surface area contributed by atoms with Gasteiger partial charge in [0.1, 0.15) is 17.6 Å². The molecular formula is C24H28ClNO2S. The van der Waals surface area contributed by atoms with Gasteiger partial charge in [-0.25, -0.2) is 0 Å². The van der Waals surface area contributed by atoms with Crippen molar-refractivity contribution in [2.24, 2.45) is 0 Å². The van der Waals surface area contributed by atoms with Crippen LogP contribution in [0.25, 0.3) is 0 Å². The summed E-state index contributed by atoms with van der Waals surface area (Å²) in [5.74, 6) is 2.75. The maximum atomic E-state index is 6.43. The number of likely N-dealkylation sites (N-methyl/N-ethyl adjacent to an activating group) is 1. The summed E-state index contributed by atoms with van der Waals surface area (Å²) in [6, 6.07) is 21.2. The topological polar surface area (TPSA) is 30.5 Å². The second kappa shape index (κ2) is 10.1. The average molecular weight is 430 g/mol. The molecule has 0 aliphatic carbocycles. The van der Waals surface area contributed by atoms with E-state index in [1.807, 2.05) is 24.5 Å². The number of benzene rings is 2. The van der Waals surface area contributed by atoms with Crippen LogP contribution in [-0.2, 0) is 0 Å². The summed E-state index contributed by atoms with van der Waals surface area (Å²) in [4.78, 5) is 1.45. The number of rotatable bonds is 7. The summed E-state index contributed by atoms with van der Waals surface area (Å²) in [5.41, 5.74) is 2.54. The van der Waals surface area contributed by atoms with Crippen LogP contribution >= 0.6 is 23.7 Å². The molecule has 1 aromatic heterocycles. The van der Waals surface area contributed by atoms with Gasteiger partial charge in [0.15, 0.2) is 0 Å². The summed E-state index contributed by atoms with van der Waals surface area (Å²) in [5, 5.41) is 5.56. The Kier molecular flexibility index (Phi) is 7.59. The van der Waals surface area contributed by atoms with Gasteiger partial charge in [0.25, 0.3) is 0 Å². The molecule has 0 saturated heterocycles. The second-order valence-corrected chi connectivity index (χ2v) is 8.34. The van der Waals surface area contributed by atoms with Crippen molar-refractivity contribution in [3.05, 3.63) is 82.0 Å². The third kappa shape index (κ3) is 4.95. The molecule has 154 valence electrons. The van der Waals surface area contributed by atoms with Crippen molar-refractivity contribution < 1.29 is 9.47 Å². The zero-order chi connectivity index (χ0) is 19.3. The van der Waals surface area contributed by atoms with Crippen molar-refractivity contribution in [3.63, 3.8) is 0 Å². The minimum Gasteiger partial charge on any atom is -0.497 e. The molecule has 5 heteroatoms. The fourth-order valence-electron chi connectivity index (χ4n) is 4.18. The lowest BCUT2D eigenvalue weighted by atomic mass is 9.81. The van der Waals surface area contributed by atoms with Crippen molar-refractivity contribution in [1.82, 2.24) is 5.32 Å². The van der Waals surface area contributed by atoms with Crippen molar-refractivity contribution >= 4 is 23.7 Å². The maximum absolute atomic E-state index is 6.43. The first kappa shape index (κ1) is 21.7. The van der Waals surface area contributed by atoms with Crippen LogP contribution in [0.4, 0.5) is 0 Å². The van der Waals surface area contributed by atoms with Crippen molar-refractivity contribution in [2.75, 3.05) is 20.7 Å². The molecule has 3 atom stereocenters. The van der Waals surface area contributed by atoms with E-state index in [9.17, 15) is 0 Å². The Morgan fingerprint density at radius 1 is 1.14 bits per heavy atom. The summed E-state index contributed by atoms with van der Waals surface area (Å²) in [7, 11) is 3.74. The first-order valence-electron chi connectivity index (χ1n) is 9.86. The molecule has 3 aromatic rings. The van der Waals surface area contributed by atoms with Crippen molar-refractivity contribution in [3.8, 4) is 11.5 Å². The highest BCUT2D eigenvalue weighted by Gasteiger charge is 2.31. The van der Waals surface area contributed by atoms with Crippen LogP contribution in [0, 0.1) is 0 Å². The van der Waals surface area contributed by atoms with Crippen LogP contribution in [0.3, 0.4) is 0 Å². The van der Waals surface area contributed by atoms with Gasteiger partial charge in [-0.15, -0.1) is 23.7 Å². The zero-order valence-corrected chi connectivity index (χ0v) is 18.5. The molecule has 0 spiro atoms. The van der Waals surface area contributed by atoms with E-state index < -0.39 is 0 Å². The molecule has 2 aromatic carbocycles. The van der Waals surface area contributed by atoms with Crippen molar-refractivity contribution in [1.29, 1.82) is 0 Å². The van der Waals surface area contributed by atoms with E-state index in [1.54, 1.807) is 7.11 Å². The molecule has 0 saturated carbocycles. The smallest absolute Gasteiger partial charge is 0.127 e. The molecule has 0 amide bonds. The van der Waals surface area contributed by atoms with Crippen LogP contribution in [0.5, 0.6) is 11.5 Å². The fourth-order valence-corrected chi connectivity index (χ4v) is 5.02. The molecule has 4 rings (SSSR count). The maximum Gasteiger partial charge on any atom is 0.127 e. The molecule has 0 fully saturated rings. The molecule has 1 aliphatic rings. The Balaban J connectivity index is 0.00000240. The molecule has 3 nitrogen and oxygen atoms in total. The first-order chi connectivity index (χ1) is 13.8. The average Bonchev–Trinajstić information content (AvgIpc) is 3.28. The predicted molar refractivity (Wildman–Crippen MR) is 123 cm³/mol. The number of fused-ring (bicyclic) bond motifs is 1. The molecular weight excluding hydrogens is 402 g/mol. The van der Waals surface area contributed by atoms with Gasteiger partial charge in [-0.05, 0) is 54.4 Å². The van der Waals surface area contributed by atoms with Crippen molar-refractivity contribution in [2.45, 2.75) is 30.8 Å². The largest absolute Gasteiger partial charge is 0.497 e. The highest BCUT2D eigenvalue weighted by atomic mass is 35.5. The van der Waals surface area contributed by atoms with Crippen LogP contribution in [-0.4, -0.2) is 20.7 Å². The van der Waals surface area contributed by atoms with Crippen LogP contribution in [0.1, 0.15) is 46.8 Å². The van der Waals surface area contributed by atoms with E-state index >= 15 is 0 Å². The summed E-state index contributed by atoms with van der Waals surface area (Å²) in [6.07, 6.45) is 2.17. The third-order valence-electron chi connectivity index (χ3n) is 5.56. The summed E-state index contributed by atoms with van der Waals surface area (Å²) in [6.45, 7) is 0.985. The molecule has 29 heavy (non-hydrogen) atoms. The Hall–Kier alpha value is -2.01. The monoisotopic (exact) mass is 429 g/mol. The third-order valence-corrected chi connectivity index (χ3v) is 6.60. The highest BCUT2D eigenvalue weighted by Crippen LogP contribution is 2.47. The standard InChI is InChI=1S/C24H27NO2S.ClH/c1-25-16-19(24-9-6-12-28-24)13-18-14-22(17-7-4-3-5-8-17)27-23-15-20(26-2)10-11-21(18)23;/h3-12,15,18-19,22,25H,13-14,16H2,1-2H3;1H. The number of nitrogens with one attached hydrogen (secondary N) is 1. The lowest BCUT2D eigenvalue weighted by Crippen LogP contribution is -2.23. The quantitative estimate of drug-likeness (QED) is 0.486. The molecule has 0 radical (unpaired) electrons. The second-order valence-electron chi connectivity index (χ2n) is 7.36. The first-order valence-corrected chi connectivity index (χ1v) is 10.7. The minimum atomic E-state index is 0.